The number of hydrogen-bond donors (Lipinski definition) is 1. The van der Waals surface area contributed by atoms with Crippen LogP contribution in [0.4, 0.5) is 4.79 Å². The summed E-state index contributed by atoms with van der Waals surface area (Å²) in [4.78, 5) is 31.5. The van der Waals surface area contributed by atoms with E-state index in [-0.39, 0.29) is 30.1 Å². The summed E-state index contributed by atoms with van der Waals surface area (Å²) in [7, 11) is 0. The smallest absolute Gasteiger partial charge is 0.318 e. The predicted octanol–water partition coefficient (Wildman–Crippen LogP) is 6.07. The molecule has 1 N–H and O–H groups in total. The zero-order chi connectivity index (χ0) is 25.8. The lowest BCUT2D eigenvalue weighted by Crippen LogP contribution is -2.53. The zero-order valence-electron chi connectivity index (χ0n) is 21.7. The first-order valence-corrected chi connectivity index (χ1v) is 13.6. The average molecular weight is 520 g/mol. The molecule has 2 atom stereocenters. The molecule has 1 aromatic carbocycles. The first-order valence-electron chi connectivity index (χ1n) is 12.3. The molecule has 1 aliphatic rings. The molecule has 0 saturated carbocycles. The van der Waals surface area contributed by atoms with Crippen molar-refractivity contribution in [2.45, 2.75) is 66.0 Å². The second-order valence-corrected chi connectivity index (χ2v) is 11.9. The SMILES string of the molecule is CC[C@H](C)CN(CC(=O)N1CCc2sccc2[C@H]1COc1ccc(Cl)c(C)c1)C(=O)NC(C)(C)C. The van der Waals surface area contributed by atoms with Crippen molar-refractivity contribution < 1.29 is 14.3 Å². The Kier molecular flexibility index (Phi) is 9.11. The monoisotopic (exact) mass is 519 g/mol. The second kappa shape index (κ2) is 11.7. The van der Waals surface area contributed by atoms with Crippen molar-refractivity contribution in [2.24, 2.45) is 5.92 Å². The summed E-state index contributed by atoms with van der Waals surface area (Å²) in [5.41, 5.74) is 1.70. The lowest BCUT2D eigenvalue weighted by molar-refractivity contribution is -0.135. The Bertz CT molecular complexity index is 1030. The van der Waals surface area contributed by atoms with Gasteiger partial charge in [-0.05, 0) is 80.8 Å². The number of aryl methyl sites for hydroxylation is 1. The third-order valence-electron chi connectivity index (χ3n) is 6.28. The van der Waals surface area contributed by atoms with Gasteiger partial charge < -0.3 is 19.9 Å². The van der Waals surface area contributed by atoms with Crippen LogP contribution < -0.4 is 10.1 Å². The fourth-order valence-electron chi connectivity index (χ4n) is 4.14. The van der Waals surface area contributed by atoms with Crippen molar-refractivity contribution in [3.8, 4) is 5.75 Å². The number of rotatable bonds is 8. The minimum absolute atomic E-state index is 0.0439. The van der Waals surface area contributed by atoms with E-state index in [1.807, 2.05) is 50.8 Å². The van der Waals surface area contributed by atoms with Crippen LogP contribution in [-0.2, 0) is 11.2 Å². The first-order chi connectivity index (χ1) is 16.5. The molecule has 6 nitrogen and oxygen atoms in total. The number of urea groups is 1. The van der Waals surface area contributed by atoms with Crippen molar-refractivity contribution in [1.82, 2.24) is 15.1 Å². The summed E-state index contributed by atoms with van der Waals surface area (Å²) in [5, 5.41) is 5.79. The molecule has 0 radical (unpaired) electrons. The topological polar surface area (TPSA) is 61.9 Å². The molecule has 192 valence electrons. The number of carbonyl (C=O) groups excluding carboxylic acids is 2. The molecule has 3 amide bonds. The molecule has 3 rings (SSSR count). The fourth-order valence-corrected chi connectivity index (χ4v) is 5.18. The van der Waals surface area contributed by atoms with E-state index in [0.717, 1.165) is 29.7 Å². The maximum atomic E-state index is 13.6. The highest BCUT2D eigenvalue weighted by atomic mass is 35.5. The quantitative estimate of drug-likeness (QED) is 0.460. The summed E-state index contributed by atoms with van der Waals surface area (Å²) in [6.45, 7) is 13.5. The highest BCUT2D eigenvalue weighted by molar-refractivity contribution is 7.10. The minimum Gasteiger partial charge on any atom is -0.491 e. The van der Waals surface area contributed by atoms with Gasteiger partial charge in [0.05, 0.1) is 6.04 Å². The van der Waals surface area contributed by atoms with Crippen LogP contribution in [0.15, 0.2) is 29.6 Å². The second-order valence-electron chi connectivity index (χ2n) is 10.4. The number of benzene rings is 1. The van der Waals surface area contributed by atoms with Crippen LogP contribution >= 0.6 is 22.9 Å². The lowest BCUT2D eigenvalue weighted by Gasteiger charge is -2.38. The number of amides is 3. The number of thiophene rings is 1. The van der Waals surface area contributed by atoms with Gasteiger partial charge in [0.15, 0.2) is 0 Å². The van der Waals surface area contributed by atoms with E-state index in [1.165, 1.54) is 4.88 Å². The fraction of sp³-hybridized carbons (Fsp3) is 0.556. The Morgan fingerprint density at radius 1 is 1.31 bits per heavy atom. The van der Waals surface area contributed by atoms with Crippen LogP contribution in [0.2, 0.25) is 5.02 Å². The standard InChI is InChI=1S/C27H38ClN3O3S/c1-7-18(2)15-30(26(33)29-27(4,5)6)16-25(32)31-12-10-24-21(11-13-35-24)23(31)17-34-20-8-9-22(28)19(3)14-20/h8-9,11,13-14,18,23H,7,10,12,15-17H2,1-6H3,(H,29,33)/t18-,23+/m0/s1. The van der Waals surface area contributed by atoms with E-state index in [4.69, 9.17) is 16.3 Å². The third kappa shape index (κ3) is 7.37. The van der Waals surface area contributed by atoms with E-state index in [2.05, 4.69) is 30.6 Å². The molecule has 2 heterocycles. The normalized spacial score (nSPS) is 16.4. The van der Waals surface area contributed by atoms with Crippen molar-refractivity contribution in [2.75, 3.05) is 26.2 Å². The Labute approximate surface area is 218 Å². The summed E-state index contributed by atoms with van der Waals surface area (Å²) >= 11 is 7.88. The van der Waals surface area contributed by atoms with Gasteiger partial charge in [-0.25, -0.2) is 4.79 Å². The molecule has 1 aliphatic heterocycles. The number of nitrogens with one attached hydrogen (secondary N) is 1. The molecule has 2 aromatic rings. The van der Waals surface area contributed by atoms with Crippen LogP contribution in [0.1, 0.15) is 63.1 Å². The Morgan fingerprint density at radius 2 is 2.06 bits per heavy atom. The van der Waals surface area contributed by atoms with Crippen LogP contribution in [0.25, 0.3) is 0 Å². The van der Waals surface area contributed by atoms with Crippen LogP contribution in [-0.4, -0.2) is 53.5 Å². The highest BCUT2D eigenvalue weighted by Crippen LogP contribution is 2.34. The van der Waals surface area contributed by atoms with Crippen molar-refractivity contribution in [3.63, 3.8) is 0 Å². The van der Waals surface area contributed by atoms with Gasteiger partial charge in [0.25, 0.3) is 0 Å². The van der Waals surface area contributed by atoms with Gasteiger partial charge in [-0.2, -0.15) is 0 Å². The number of carbonyl (C=O) groups is 2. The van der Waals surface area contributed by atoms with Gasteiger partial charge in [0.1, 0.15) is 18.9 Å². The van der Waals surface area contributed by atoms with Gasteiger partial charge in [-0.3, -0.25) is 4.79 Å². The largest absolute Gasteiger partial charge is 0.491 e. The molecule has 1 aromatic heterocycles. The average Bonchev–Trinajstić information content (AvgIpc) is 3.27. The van der Waals surface area contributed by atoms with Crippen molar-refractivity contribution in [3.05, 3.63) is 50.7 Å². The number of hydrogen-bond acceptors (Lipinski definition) is 4. The molecule has 0 saturated heterocycles. The Morgan fingerprint density at radius 3 is 2.71 bits per heavy atom. The van der Waals surface area contributed by atoms with E-state index in [9.17, 15) is 9.59 Å². The number of ether oxygens (including phenoxy) is 1. The molecule has 0 unspecified atom stereocenters. The van der Waals surface area contributed by atoms with Crippen LogP contribution in [0.3, 0.4) is 0 Å². The maximum absolute atomic E-state index is 13.6. The van der Waals surface area contributed by atoms with E-state index in [1.54, 1.807) is 16.2 Å². The van der Waals surface area contributed by atoms with E-state index >= 15 is 0 Å². The molecule has 0 aliphatic carbocycles. The summed E-state index contributed by atoms with van der Waals surface area (Å²) in [6, 6.07) is 7.27. The zero-order valence-corrected chi connectivity index (χ0v) is 23.3. The maximum Gasteiger partial charge on any atom is 0.318 e. The van der Waals surface area contributed by atoms with Crippen molar-refractivity contribution in [1.29, 1.82) is 0 Å². The highest BCUT2D eigenvalue weighted by Gasteiger charge is 2.34. The van der Waals surface area contributed by atoms with Crippen molar-refractivity contribution >= 4 is 34.9 Å². The first kappa shape index (κ1) is 27.3. The van der Waals surface area contributed by atoms with E-state index < -0.39 is 0 Å². The molecule has 8 heteroatoms. The van der Waals surface area contributed by atoms with Gasteiger partial charge in [-0.15, -0.1) is 11.3 Å². The van der Waals surface area contributed by atoms with Gasteiger partial charge in [0.2, 0.25) is 5.91 Å². The van der Waals surface area contributed by atoms with Gasteiger partial charge >= 0.3 is 6.03 Å². The molecule has 0 fully saturated rings. The molecule has 0 spiro atoms. The Balaban J connectivity index is 1.78. The van der Waals surface area contributed by atoms with Crippen LogP contribution in [0, 0.1) is 12.8 Å². The Hall–Kier alpha value is -2.25. The molecule has 35 heavy (non-hydrogen) atoms. The number of nitrogens with zero attached hydrogens (tertiary/aromatic N) is 2. The van der Waals surface area contributed by atoms with Crippen LogP contribution in [0.5, 0.6) is 5.75 Å². The summed E-state index contributed by atoms with van der Waals surface area (Å²) < 4.78 is 6.15. The number of halogens is 1. The third-order valence-corrected chi connectivity index (χ3v) is 7.70. The molecule has 0 bridgehead atoms. The predicted molar refractivity (Wildman–Crippen MR) is 143 cm³/mol. The van der Waals surface area contributed by atoms with E-state index in [0.29, 0.717) is 30.6 Å². The lowest BCUT2D eigenvalue weighted by atomic mass is 10.00. The molecular weight excluding hydrogens is 482 g/mol. The van der Waals surface area contributed by atoms with Gasteiger partial charge in [0, 0.05) is 28.5 Å². The summed E-state index contributed by atoms with van der Waals surface area (Å²) in [6.07, 6.45) is 1.75. The minimum atomic E-state index is -0.377. The number of fused-ring (bicyclic) bond motifs is 1. The van der Waals surface area contributed by atoms with Gasteiger partial charge in [-0.1, -0.05) is 31.9 Å². The molecular formula is C27H38ClN3O3S. The summed E-state index contributed by atoms with van der Waals surface area (Å²) in [5.74, 6) is 0.963.